The molecule has 1 amide bonds. The molecule has 0 aliphatic heterocycles. The first-order valence-corrected chi connectivity index (χ1v) is 7.21. The number of fused-ring (bicyclic) bond motifs is 1. The van der Waals surface area contributed by atoms with Crippen molar-refractivity contribution in [2.75, 3.05) is 5.32 Å². The number of thiocarbonyl (C=S) groups is 1. The molecule has 4 nitrogen and oxygen atoms in total. The second kappa shape index (κ2) is 5.99. The van der Waals surface area contributed by atoms with Crippen molar-refractivity contribution in [3.63, 3.8) is 0 Å². The maximum Gasteiger partial charge on any atom is 0.293 e. The van der Waals surface area contributed by atoms with Gasteiger partial charge in [0.05, 0.1) is 0 Å². The second-order valence-corrected chi connectivity index (χ2v) is 5.28. The van der Waals surface area contributed by atoms with Gasteiger partial charge >= 0.3 is 0 Å². The molecule has 22 heavy (non-hydrogen) atoms. The SMILES string of the molecule is Cc1ccccc1NC(=S)NC(=O)c1cc2ccccc2o1. The van der Waals surface area contributed by atoms with E-state index in [0.29, 0.717) is 5.58 Å². The van der Waals surface area contributed by atoms with Gasteiger partial charge in [0.15, 0.2) is 10.9 Å². The molecule has 2 N–H and O–H groups in total. The molecule has 0 fully saturated rings. The van der Waals surface area contributed by atoms with Crippen molar-refractivity contribution in [2.24, 2.45) is 0 Å². The smallest absolute Gasteiger partial charge is 0.293 e. The number of amides is 1. The Morgan fingerprint density at radius 3 is 2.59 bits per heavy atom. The number of furan rings is 1. The third-order valence-corrected chi connectivity index (χ3v) is 3.47. The molecular formula is C17H14N2O2S. The first-order valence-electron chi connectivity index (χ1n) is 6.80. The molecule has 0 saturated carbocycles. The number of rotatable bonds is 2. The minimum absolute atomic E-state index is 0.232. The Bertz CT molecular complexity index is 821. The van der Waals surface area contributed by atoms with E-state index in [9.17, 15) is 4.79 Å². The Morgan fingerprint density at radius 2 is 1.82 bits per heavy atom. The average molecular weight is 310 g/mol. The average Bonchev–Trinajstić information content (AvgIpc) is 2.93. The maximum atomic E-state index is 12.2. The van der Waals surface area contributed by atoms with E-state index in [1.54, 1.807) is 6.07 Å². The van der Waals surface area contributed by atoms with Crippen LogP contribution >= 0.6 is 12.2 Å². The van der Waals surface area contributed by atoms with Gasteiger partial charge in [0, 0.05) is 11.1 Å². The Balaban J connectivity index is 1.71. The van der Waals surface area contributed by atoms with Crippen molar-refractivity contribution >= 4 is 39.9 Å². The molecule has 5 heteroatoms. The quantitative estimate of drug-likeness (QED) is 0.706. The van der Waals surface area contributed by atoms with Crippen molar-refractivity contribution < 1.29 is 9.21 Å². The zero-order chi connectivity index (χ0) is 15.5. The lowest BCUT2D eigenvalue weighted by molar-refractivity contribution is 0.0953. The lowest BCUT2D eigenvalue weighted by Gasteiger charge is -2.10. The van der Waals surface area contributed by atoms with Crippen molar-refractivity contribution in [2.45, 2.75) is 6.92 Å². The van der Waals surface area contributed by atoms with Gasteiger partial charge in [-0.25, -0.2) is 0 Å². The Hall–Kier alpha value is -2.66. The molecule has 0 bridgehead atoms. The molecule has 110 valence electrons. The number of para-hydroxylation sites is 2. The fourth-order valence-electron chi connectivity index (χ4n) is 2.13. The van der Waals surface area contributed by atoms with E-state index in [1.165, 1.54) is 0 Å². The predicted molar refractivity (Wildman–Crippen MR) is 91.1 cm³/mol. The maximum absolute atomic E-state index is 12.2. The summed E-state index contributed by atoms with van der Waals surface area (Å²) >= 11 is 5.17. The minimum Gasteiger partial charge on any atom is -0.451 e. The van der Waals surface area contributed by atoms with Gasteiger partial charge in [-0.1, -0.05) is 36.4 Å². The van der Waals surface area contributed by atoms with Gasteiger partial charge < -0.3 is 9.73 Å². The zero-order valence-corrected chi connectivity index (χ0v) is 12.7. The minimum atomic E-state index is -0.373. The van der Waals surface area contributed by atoms with Crippen LogP contribution in [0.15, 0.2) is 59.0 Å². The van der Waals surface area contributed by atoms with E-state index in [2.05, 4.69) is 10.6 Å². The molecule has 0 atom stereocenters. The lowest BCUT2D eigenvalue weighted by atomic mass is 10.2. The Labute approximate surface area is 133 Å². The molecule has 3 aromatic rings. The number of carbonyl (C=O) groups is 1. The lowest BCUT2D eigenvalue weighted by Crippen LogP contribution is -2.34. The second-order valence-electron chi connectivity index (χ2n) is 4.87. The highest BCUT2D eigenvalue weighted by Crippen LogP contribution is 2.18. The summed E-state index contributed by atoms with van der Waals surface area (Å²) in [7, 11) is 0. The molecule has 0 aliphatic rings. The van der Waals surface area contributed by atoms with Crippen LogP contribution in [0.25, 0.3) is 11.0 Å². The summed E-state index contributed by atoms with van der Waals surface area (Å²) in [6.45, 7) is 1.96. The van der Waals surface area contributed by atoms with Crippen LogP contribution < -0.4 is 10.6 Å². The van der Waals surface area contributed by atoms with Crippen LogP contribution in [-0.4, -0.2) is 11.0 Å². The van der Waals surface area contributed by atoms with Crippen molar-refractivity contribution in [3.05, 3.63) is 65.9 Å². The summed E-state index contributed by atoms with van der Waals surface area (Å²) in [4.78, 5) is 12.2. The number of hydrogen-bond acceptors (Lipinski definition) is 3. The van der Waals surface area contributed by atoms with Gasteiger partial charge in [-0.3, -0.25) is 10.1 Å². The van der Waals surface area contributed by atoms with Crippen LogP contribution in [0.3, 0.4) is 0 Å². The number of nitrogens with one attached hydrogen (secondary N) is 2. The fraction of sp³-hybridized carbons (Fsp3) is 0.0588. The third kappa shape index (κ3) is 2.99. The van der Waals surface area contributed by atoms with Gasteiger partial charge in [-0.15, -0.1) is 0 Å². The normalized spacial score (nSPS) is 10.4. The van der Waals surface area contributed by atoms with Crippen molar-refractivity contribution in [1.29, 1.82) is 0 Å². The number of hydrogen-bond donors (Lipinski definition) is 2. The van der Waals surface area contributed by atoms with Crippen molar-refractivity contribution in [3.8, 4) is 0 Å². The molecule has 1 heterocycles. The summed E-state index contributed by atoms with van der Waals surface area (Å²) in [5.74, 6) is -0.141. The first kappa shape index (κ1) is 14.3. The molecule has 0 unspecified atom stereocenters. The highest BCUT2D eigenvalue weighted by Gasteiger charge is 2.13. The summed E-state index contributed by atoms with van der Waals surface area (Å²) in [6, 6.07) is 16.9. The summed E-state index contributed by atoms with van der Waals surface area (Å²) in [5.41, 5.74) is 2.57. The van der Waals surface area contributed by atoms with Crippen LogP contribution in [0.1, 0.15) is 16.1 Å². The van der Waals surface area contributed by atoms with E-state index < -0.39 is 0 Å². The van der Waals surface area contributed by atoms with Crippen LogP contribution in [0.5, 0.6) is 0 Å². The Kier molecular flexibility index (Phi) is 3.89. The van der Waals surface area contributed by atoms with Gasteiger partial charge in [0.25, 0.3) is 5.91 Å². The summed E-state index contributed by atoms with van der Waals surface area (Å²) in [5, 5.41) is 6.74. The molecular weight excluding hydrogens is 296 g/mol. The topological polar surface area (TPSA) is 54.3 Å². The van der Waals surface area contributed by atoms with Gasteiger partial charge in [-0.05, 0) is 42.9 Å². The van der Waals surface area contributed by atoms with E-state index >= 15 is 0 Å². The standard InChI is InChI=1S/C17H14N2O2S/c1-11-6-2-4-8-13(11)18-17(22)19-16(20)15-10-12-7-3-5-9-14(12)21-15/h2-10H,1H3,(H2,18,19,20,22). The number of benzene rings is 2. The van der Waals surface area contributed by atoms with Crippen LogP contribution in [0.4, 0.5) is 5.69 Å². The van der Waals surface area contributed by atoms with Gasteiger partial charge in [0.1, 0.15) is 5.58 Å². The summed E-state index contributed by atoms with van der Waals surface area (Å²) in [6.07, 6.45) is 0. The highest BCUT2D eigenvalue weighted by molar-refractivity contribution is 7.80. The summed E-state index contributed by atoms with van der Waals surface area (Å²) < 4.78 is 5.51. The molecule has 1 aromatic heterocycles. The number of carbonyl (C=O) groups excluding carboxylic acids is 1. The van der Waals surface area contributed by atoms with Crippen LogP contribution in [0, 0.1) is 6.92 Å². The number of aryl methyl sites for hydroxylation is 1. The van der Waals surface area contributed by atoms with E-state index in [4.69, 9.17) is 16.6 Å². The zero-order valence-electron chi connectivity index (χ0n) is 11.9. The third-order valence-electron chi connectivity index (χ3n) is 3.27. The monoisotopic (exact) mass is 310 g/mol. The van der Waals surface area contributed by atoms with E-state index in [1.807, 2.05) is 55.5 Å². The largest absolute Gasteiger partial charge is 0.451 e. The molecule has 0 aliphatic carbocycles. The first-order chi connectivity index (χ1) is 10.6. The molecule has 0 saturated heterocycles. The van der Waals surface area contributed by atoms with Gasteiger partial charge in [0.2, 0.25) is 0 Å². The van der Waals surface area contributed by atoms with E-state index in [0.717, 1.165) is 16.6 Å². The molecule has 0 spiro atoms. The van der Waals surface area contributed by atoms with Crippen LogP contribution in [-0.2, 0) is 0 Å². The van der Waals surface area contributed by atoms with Crippen molar-refractivity contribution in [1.82, 2.24) is 5.32 Å². The predicted octanol–water partition coefficient (Wildman–Crippen LogP) is 3.87. The molecule has 0 radical (unpaired) electrons. The molecule has 2 aromatic carbocycles. The fourth-order valence-corrected chi connectivity index (χ4v) is 2.33. The van der Waals surface area contributed by atoms with E-state index in [-0.39, 0.29) is 16.8 Å². The van der Waals surface area contributed by atoms with Gasteiger partial charge in [-0.2, -0.15) is 0 Å². The Morgan fingerprint density at radius 1 is 1.09 bits per heavy atom. The number of anilines is 1. The van der Waals surface area contributed by atoms with Crippen LogP contribution in [0.2, 0.25) is 0 Å². The highest BCUT2D eigenvalue weighted by atomic mass is 32.1. The molecule has 3 rings (SSSR count).